The van der Waals surface area contributed by atoms with Crippen molar-refractivity contribution in [2.24, 2.45) is 0 Å². The first kappa shape index (κ1) is 31.0. The van der Waals surface area contributed by atoms with Crippen molar-refractivity contribution in [3.05, 3.63) is 128 Å². The monoisotopic (exact) mass is 590 g/mol. The van der Waals surface area contributed by atoms with Crippen LogP contribution in [0.25, 0.3) is 0 Å². The maximum atomic E-state index is 7.18. The van der Waals surface area contributed by atoms with Crippen molar-refractivity contribution in [2.75, 3.05) is 0 Å². The molecule has 0 aliphatic heterocycles. The van der Waals surface area contributed by atoms with Crippen LogP contribution in [0.15, 0.2) is 84.9 Å². The van der Waals surface area contributed by atoms with E-state index in [0.29, 0.717) is 23.3 Å². The molecule has 2 atom stereocenters. The van der Waals surface area contributed by atoms with Crippen LogP contribution in [-0.2, 0) is 29.2 Å². The molecule has 4 rings (SSSR count). The lowest BCUT2D eigenvalue weighted by molar-refractivity contribution is -0.155. The molecule has 0 fully saturated rings. The third-order valence-electron chi connectivity index (χ3n) is 8.07. The molecule has 0 amide bonds. The molecule has 216 valence electrons. The lowest BCUT2D eigenvalue weighted by Crippen LogP contribution is -2.38. The average molecular weight is 592 g/mol. The molecule has 3 nitrogen and oxygen atoms in total. The molecule has 0 saturated carbocycles. The van der Waals surface area contributed by atoms with Gasteiger partial charge in [-0.2, -0.15) is 0 Å². The van der Waals surface area contributed by atoms with Gasteiger partial charge in [0.05, 0.1) is 11.2 Å². The maximum absolute atomic E-state index is 7.18. The molecule has 0 N–H and O–H groups in total. The highest BCUT2D eigenvalue weighted by Crippen LogP contribution is 2.44. The highest BCUT2D eigenvalue weighted by atomic mass is 35.5. The van der Waals surface area contributed by atoms with Gasteiger partial charge in [0.2, 0.25) is 0 Å². The third-order valence-corrected chi connectivity index (χ3v) is 8.54. The van der Waals surface area contributed by atoms with Crippen LogP contribution >= 0.6 is 23.2 Å². The fourth-order valence-electron chi connectivity index (χ4n) is 5.40. The van der Waals surface area contributed by atoms with E-state index in [0.717, 1.165) is 57.7 Å². The summed E-state index contributed by atoms with van der Waals surface area (Å²) in [5.41, 5.74) is 5.36. The number of hydrogen-bond acceptors (Lipinski definition) is 3. The number of halogens is 2. The molecule has 0 spiro atoms. The Bertz CT molecular complexity index is 1370. The topological polar surface area (TPSA) is 27.7 Å². The van der Waals surface area contributed by atoms with Crippen LogP contribution in [0.2, 0.25) is 10.0 Å². The number of benzene rings is 4. The van der Waals surface area contributed by atoms with Crippen molar-refractivity contribution in [1.82, 2.24) is 0 Å². The Morgan fingerprint density at radius 3 is 1.34 bits per heavy atom. The summed E-state index contributed by atoms with van der Waals surface area (Å²) >= 11 is 12.3. The summed E-state index contributed by atoms with van der Waals surface area (Å²) < 4.78 is 19.7. The van der Waals surface area contributed by atoms with E-state index in [-0.39, 0.29) is 0 Å². The lowest BCUT2D eigenvalue weighted by atomic mass is 9.84. The summed E-state index contributed by atoms with van der Waals surface area (Å²) in [4.78, 5) is 0. The second-order valence-electron chi connectivity index (χ2n) is 11.0. The standard InChI is InChI=1S/C36H40Cl2O3/c1-7-35(5,31-17-11-19-33(25(31)3)39-23-27-13-9-15-29(37)21-27)41-36(6,8-2)32-18-12-20-34(26(32)4)40-24-28-14-10-16-30(38)22-28/h9-22H,7-8,23-24H2,1-6H3. The van der Waals surface area contributed by atoms with Gasteiger partial charge in [-0.3, -0.25) is 0 Å². The van der Waals surface area contributed by atoms with Gasteiger partial charge in [-0.15, -0.1) is 0 Å². The summed E-state index contributed by atoms with van der Waals surface area (Å²) in [6, 6.07) is 28.0. The molecular formula is C36H40Cl2O3. The zero-order valence-electron chi connectivity index (χ0n) is 24.9. The van der Waals surface area contributed by atoms with Crippen LogP contribution in [-0.4, -0.2) is 0 Å². The van der Waals surface area contributed by atoms with E-state index in [1.165, 1.54) is 0 Å². The van der Waals surface area contributed by atoms with E-state index < -0.39 is 11.2 Å². The summed E-state index contributed by atoms with van der Waals surface area (Å²) in [6.45, 7) is 13.8. The van der Waals surface area contributed by atoms with Crippen LogP contribution in [0.3, 0.4) is 0 Å². The zero-order chi connectivity index (χ0) is 29.6. The molecule has 0 bridgehead atoms. The van der Waals surface area contributed by atoms with Gasteiger partial charge >= 0.3 is 0 Å². The lowest BCUT2D eigenvalue weighted by Gasteiger charge is -2.42. The highest BCUT2D eigenvalue weighted by Gasteiger charge is 2.38. The highest BCUT2D eigenvalue weighted by molar-refractivity contribution is 6.30. The molecule has 0 aliphatic carbocycles. The molecule has 2 unspecified atom stereocenters. The maximum Gasteiger partial charge on any atom is 0.123 e. The number of ether oxygens (including phenoxy) is 3. The SMILES string of the molecule is CCC(C)(OC(C)(CC)c1cccc(OCc2cccc(Cl)c2)c1C)c1cccc(OCc2cccc(Cl)c2)c1C. The average Bonchev–Trinajstić information content (AvgIpc) is 2.96. The molecule has 0 radical (unpaired) electrons. The Balaban J connectivity index is 1.59. The van der Waals surface area contributed by atoms with Gasteiger partial charge < -0.3 is 14.2 Å². The third kappa shape index (κ3) is 7.27. The fraction of sp³-hybridized carbons (Fsp3) is 0.333. The molecular weight excluding hydrogens is 551 g/mol. The van der Waals surface area contributed by atoms with Crippen molar-refractivity contribution in [3.63, 3.8) is 0 Å². The Morgan fingerprint density at radius 2 is 0.976 bits per heavy atom. The van der Waals surface area contributed by atoms with Crippen LogP contribution in [0.4, 0.5) is 0 Å². The quantitative estimate of drug-likeness (QED) is 0.164. The Morgan fingerprint density at radius 1 is 0.585 bits per heavy atom. The fourth-order valence-corrected chi connectivity index (χ4v) is 5.82. The Hall–Kier alpha value is -2.98. The van der Waals surface area contributed by atoms with E-state index in [1.807, 2.05) is 72.8 Å². The Kier molecular flexibility index (Phi) is 10.1. The smallest absolute Gasteiger partial charge is 0.123 e. The van der Waals surface area contributed by atoms with Gasteiger partial charge in [-0.25, -0.2) is 0 Å². The summed E-state index contributed by atoms with van der Waals surface area (Å²) in [6.07, 6.45) is 1.59. The van der Waals surface area contributed by atoms with E-state index in [2.05, 4.69) is 53.7 Å². The van der Waals surface area contributed by atoms with Crippen LogP contribution < -0.4 is 9.47 Å². The van der Waals surface area contributed by atoms with E-state index in [9.17, 15) is 0 Å². The van der Waals surface area contributed by atoms with E-state index in [1.54, 1.807) is 0 Å². The van der Waals surface area contributed by atoms with Crippen LogP contribution in [0.5, 0.6) is 11.5 Å². The normalized spacial score (nSPS) is 14.2. The minimum atomic E-state index is -0.547. The van der Waals surface area contributed by atoms with Crippen molar-refractivity contribution < 1.29 is 14.2 Å². The van der Waals surface area contributed by atoms with Gasteiger partial charge in [0.1, 0.15) is 24.7 Å². The van der Waals surface area contributed by atoms with E-state index >= 15 is 0 Å². The van der Waals surface area contributed by atoms with Gasteiger partial charge in [0, 0.05) is 10.0 Å². The number of rotatable bonds is 12. The first-order chi connectivity index (χ1) is 19.6. The van der Waals surface area contributed by atoms with E-state index in [4.69, 9.17) is 37.4 Å². The van der Waals surface area contributed by atoms with Gasteiger partial charge in [0.15, 0.2) is 0 Å². The first-order valence-corrected chi connectivity index (χ1v) is 15.0. The summed E-state index contributed by atoms with van der Waals surface area (Å²) in [5, 5.41) is 1.41. The van der Waals surface area contributed by atoms with Gasteiger partial charge in [0.25, 0.3) is 0 Å². The molecule has 41 heavy (non-hydrogen) atoms. The predicted octanol–water partition coefficient (Wildman–Crippen LogP) is 10.7. The number of hydrogen-bond donors (Lipinski definition) is 0. The minimum absolute atomic E-state index is 0.447. The summed E-state index contributed by atoms with van der Waals surface area (Å²) in [5.74, 6) is 1.69. The predicted molar refractivity (Wildman–Crippen MR) is 170 cm³/mol. The van der Waals surface area contributed by atoms with Crippen molar-refractivity contribution in [2.45, 2.75) is 78.8 Å². The second-order valence-corrected chi connectivity index (χ2v) is 11.8. The Labute approximate surface area is 255 Å². The van der Waals surface area contributed by atoms with Gasteiger partial charge in [-0.05, 0) is 110 Å². The molecule has 0 heterocycles. The van der Waals surface area contributed by atoms with Crippen molar-refractivity contribution in [1.29, 1.82) is 0 Å². The first-order valence-electron chi connectivity index (χ1n) is 14.2. The molecule has 4 aromatic rings. The van der Waals surface area contributed by atoms with Gasteiger partial charge in [-0.1, -0.05) is 85.6 Å². The van der Waals surface area contributed by atoms with Crippen LogP contribution in [0, 0.1) is 13.8 Å². The molecule has 5 heteroatoms. The molecule has 4 aromatic carbocycles. The second kappa shape index (κ2) is 13.3. The van der Waals surface area contributed by atoms with Crippen molar-refractivity contribution >= 4 is 23.2 Å². The van der Waals surface area contributed by atoms with Crippen LogP contribution in [0.1, 0.15) is 73.9 Å². The zero-order valence-corrected chi connectivity index (χ0v) is 26.4. The molecule has 0 saturated heterocycles. The largest absolute Gasteiger partial charge is 0.489 e. The summed E-state index contributed by atoms with van der Waals surface area (Å²) in [7, 11) is 0. The molecule has 0 aliphatic rings. The minimum Gasteiger partial charge on any atom is -0.489 e. The van der Waals surface area contributed by atoms with Crippen molar-refractivity contribution in [3.8, 4) is 11.5 Å². The molecule has 0 aromatic heterocycles.